The number of hydrogen-bond donors (Lipinski definition) is 1. The maximum atomic E-state index is 11.6. The number of benzene rings is 1. The fourth-order valence-electron chi connectivity index (χ4n) is 1.30. The molecule has 0 fully saturated rings. The Kier molecular flexibility index (Phi) is 4.31. The van der Waals surface area contributed by atoms with Crippen LogP contribution in [0.1, 0.15) is 12.5 Å². The highest BCUT2D eigenvalue weighted by Crippen LogP contribution is 2.13. The van der Waals surface area contributed by atoms with Gasteiger partial charge in [-0.05, 0) is 31.7 Å². The van der Waals surface area contributed by atoms with Gasteiger partial charge in [-0.15, -0.1) is 0 Å². The smallest absolute Gasteiger partial charge is 0.153 e. The van der Waals surface area contributed by atoms with Gasteiger partial charge in [0.05, 0.1) is 13.2 Å². The summed E-state index contributed by atoms with van der Waals surface area (Å²) in [6.45, 7) is 1.86. The number of rotatable bonds is 5. The summed E-state index contributed by atoms with van der Waals surface area (Å²) in [5.41, 5.74) is 0.987. The summed E-state index contributed by atoms with van der Waals surface area (Å²) in [6, 6.07) is 7.49. The molecule has 0 aromatic heterocycles. The number of hydrogen-bond acceptors (Lipinski definition) is 3. The van der Waals surface area contributed by atoms with Crippen molar-refractivity contribution in [1.29, 1.82) is 0 Å². The minimum atomic E-state index is -0.101. The molecule has 0 aliphatic rings. The first kappa shape index (κ1) is 11.7. The van der Waals surface area contributed by atoms with Crippen molar-refractivity contribution < 1.29 is 9.53 Å². The zero-order valence-electron chi connectivity index (χ0n) is 9.41. The molecule has 1 aromatic rings. The van der Waals surface area contributed by atoms with E-state index in [4.69, 9.17) is 4.74 Å². The first-order valence-corrected chi connectivity index (χ1v) is 5.00. The number of carbonyl (C=O) groups is 1. The van der Waals surface area contributed by atoms with Gasteiger partial charge in [-0.2, -0.15) is 0 Å². The summed E-state index contributed by atoms with van der Waals surface area (Å²) in [5.74, 6) is 0.975. The number of ketones is 1. The lowest BCUT2D eigenvalue weighted by Crippen LogP contribution is -2.31. The molecule has 0 radical (unpaired) electrons. The lowest BCUT2D eigenvalue weighted by molar-refractivity contribution is -0.119. The fourth-order valence-corrected chi connectivity index (χ4v) is 1.30. The van der Waals surface area contributed by atoms with Gasteiger partial charge in [0.2, 0.25) is 0 Å². The van der Waals surface area contributed by atoms with Gasteiger partial charge < -0.3 is 10.1 Å². The Bertz CT molecular complexity index is 336. The normalized spacial score (nSPS) is 12.2. The van der Waals surface area contributed by atoms with E-state index in [0.29, 0.717) is 6.42 Å². The van der Waals surface area contributed by atoms with Crippen LogP contribution in [0.2, 0.25) is 0 Å². The SMILES string of the molecule is CNC(C)C(=O)Cc1cccc(OC)c1. The van der Waals surface area contributed by atoms with Gasteiger partial charge in [-0.25, -0.2) is 0 Å². The largest absolute Gasteiger partial charge is 0.497 e. The van der Waals surface area contributed by atoms with E-state index in [1.807, 2.05) is 31.2 Å². The summed E-state index contributed by atoms with van der Waals surface area (Å²) in [5, 5.41) is 2.93. The Morgan fingerprint density at radius 3 is 2.87 bits per heavy atom. The van der Waals surface area contributed by atoms with Crippen molar-refractivity contribution in [3.8, 4) is 5.75 Å². The van der Waals surface area contributed by atoms with Crippen molar-refractivity contribution in [2.75, 3.05) is 14.2 Å². The van der Waals surface area contributed by atoms with E-state index < -0.39 is 0 Å². The van der Waals surface area contributed by atoms with Gasteiger partial charge in [-0.3, -0.25) is 4.79 Å². The molecule has 1 atom stereocenters. The molecule has 1 aromatic carbocycles. The monoisotopic (exact) mass is 207 g/mol. The average molecular weight is 207 g/mol. The molecule has 82 valence electrons. The van der Waals surface area contributed by atoms with E-state index in [1.165, 1.54) is 0 Å². The highest BCUT2D eigenvalue weighted by molar-refractivity contribution is 5.85. The summed E-state index contributed by atoms with van der Waals surface area (Å²) in [4.78, 5) is 11.6. The van der Waals surface area contributed by atoms with Crippen LogP contribution < -0.4 is 10.1 Å². The van der Waals surface area contributed by atoms with Crippen LogP contribution in [0.3, 0.4) is 0 Å². The van der Waals surface area contributed by atoms with E-state index in [9.17, 15) is 4.79 Å². The van der Waals surface area contributed by atoms with E-state index in [-0.39, 0.29) is 11.8 Å². The van der Waals surface area contributed by atoms with E-state index in [1.54, 1.807) is 14.2 Å². The number of ether oxygens (including phenoxy) is 1. The lowest BCUT2D eigenvalue weighted by atomic mass is 10.0. The van der Waals surface area contributed by atoms with E-state index >= 15 is 0 Å². The van der Waals surface area contributed by atoms with Gasteiger partial charge in [-0.1, -0.05) is 12.1 Å². The molecule has 1 unspecified atom stereocenters. The minimum Gasteiger partial charge on any atom is -0.497 e. The molecular weight excluding hydrogens is 190 g/mol. The maximum absolute atomic E-state index is 11.6. The molecule has 1 N–H and O–H groups in total. The van der Waals surface area contributed by atoms with Crippen molar-refractivity contribution in [1.82, 2.24) is 5.32 Å². The summed E-state index contributed by atoms with van der Waals surface area (Å²) in [6.07, 6.45) is 0.444. The minimum absolute atomic E-state index is 0.101. The molecular formula is C12H17NO2. The Balaban J connectivity index is 2.68. The van der Waals surface area contributed by atoms with Crippen molar-refractivity contribution >= 4 is 5.78 Å². The Hall–Kier alpha value is -1.35. The van der Waals surface area contributed by atoms with Crippen LogP contribution in [0.4, 0.5) is 0 Å². The predicted octanol–water partition coefficient (Wildman–Crippen LogP) is 1.41. The Morgan fingerprint density at radius 2 is 2.27 bits per heavy atom. The highest BCUT2D eigenvalue weighted by Gasteiger charge is 2.10. The molecule has 0 heterocycles. The van der Waals surface area contributed by atoms with Crippen LogP contribution in [0, 0.1) is 0 Å². The zero-order chi connectivity index (χ0) is 11.3. The molecule has 0 bridgehead atoms. The first-order chi connectivity index (χ1) is 7.17. The van der Waals surface area contributed by atoms with Crippen LogP contribution in [-0.4, -0.2) is 26.0 Å². The van der Waals surface area contributed by atoms with Crippen molar-refractivity contribution in [3.63, 3.8) is 0 Å². The van der Waals surface area contributed by atoms with Gasteiger partial charge in [0, 0.05) is 6.42 Å². The number of nitrogens with one attached hydrogen (secondary N) is 1. The third-order valence-corrected chi connectivity index (χ3v) is 2.43. The zero-order valence-corrected chi connectivity index (χ0v) is 9.41. The molecule has 3 heteroatoms. The Labute approximate surface area is 90.4 Å². The highest BCUT2D eigenvalue weighted by atomic mass is 16.5. The number of methoxy groups -OCH3 is 1. The standard InChI is InChI=1S/C12H17NO2/c1-9(13-2)12(14)8-10-5-4-6-11(7-10)15-3/h4-7,9,13H,8H2,1-3H3. The van der Waals surface area contributed by atoms with Crippen LogP contribution >= 0.6 is 0 Å². The molecule has 0 aliphatic heterocycles. The molecule has 0 saturated carbocycles. The second kappa shape index (κ2) is 5.51. The first-order valence-electron chi connectivity index (χ1n) is 5.00. The van der Waals surface area contributed by atoms with Gasteiger partial charge >= 0.3 is 0 Å². The second-order valence-electron chi connectivity index (χ2n) is 3.50. The Morgan fingerprint density at radius 1 is 1.53 bits per heavy atom. The molecule has 0 spiro atoms. The van der Waals surface area contributed by atoms with Gasteiger partial charge in [0.1, 0.15) is 5.75 Å². The molecule has 3 nitrogen and oxygen atoms in total. The lowest BCUT2D eigenvalue weighted by Gasteiger charge is -2.09. The van der Waals surface area contributed by atoms with Gasteiger partial charge in [0.25, 0.3) is 0 Å². The molecule has 15 heavy (non-hydrogen) atoms. The summed E-state index contributed by atoms with van der Waals surface area (Å²) in [7, 11) is 3.41. The van der Waals surface area contributed by atoms with Gasteiger partial charge in [0.15, 0.2) is 5.78 Å². The van der Waals surface area contributed by atoms with E-state index in [0.717, 1.165) is 11.3 Å². The number of carbonyl (C=O) groups excluding carboxylic acids is 1. The molecule has 0 aliphatic carbocycles. The average Bonchev–Trinajstić information content (AvgIpc) is 2.28. The third-order valence-electron chi connectivity index (χ3n) is 2.43. The number of likely N-dealkylation sites (N-methyl/N-ethyl adjacent to an activating group) is 1. The quantitative estimate of drug-likeness (QED) is 0.793. The van der Waals surface area contributed by atoms with Crippen molar-refractivity contribution in [2.45, 2.75) is 19.4 Å². The fraction of sp³-hybridized carbons (Fsp3) is 0.417. The summed E-state index contributed by atoms with van der Waals surface area (Å²) >= 11 is 0. The third kappa shape index (κ3) is 3.36. The molecule has 0 amide bonds. The molecule has 0 saturated heterocycles. The van der Waals surface area contributed by atoms with E-state index in [2.05, 4.69) is 5.32 Å². The summed E-state index contributed by atoms with van der Waals surface area (Å²) < 4.78 is 5.10. The van der Waals surface area contributed by atoms with Crippen molar-refractivity contribution in [2.24, 2.45) is 0 Å². The number of Topliss-reactive ketones (excluding diaryl/α,β-unsaturated/α-hetero) is 1. The second-order valence-corrected chi connectivity index (χ2v) is 3.50. The topological polar surface area (TPSA) is 38.3 Å². The molecule has 1 rings (SSSR count). The predicted molar refractivity (Wildman–Crippen MR) is 60.2 cm³/mol. The van der Waals surface area contributed by atoms with Crippen LogP contribution in [0.5, 0.6) is 5.75 Å². The van der Waals surface area contributed by atoms with Crippen LogP contribution in [0.15, 0.2) is 24.3 Å². The van der Waals surface area contributed by atoms with Crippen LogP contribution in [0.25, 0.3) is 0 Å². The van der Waals surface area contributed by atoms with Crippen LogP contribution in [-0.2, 0) is 11.2 Å². The van der Waals surface area contributed by atoms with Crippen molar-refractivity contribution in [3.05, 3.63) is 29.8 Å². The maximum Gasteiger partial charge on any atom is 0.153 e.